The lowest BCUT2D eigenvalue weighted by Gasteiger charge is -2.11. The molecule has 0 fully saturated rings. The van der Waals surface area contributed by atoms with Crippen LogP contribution in [0.3, 0.4) is 0 Å². The van der Waals surface area contributed by atoms with Gasteiger partial charge in [-0.3, -0.25) is 4.79 Å². The Bertz CT molecular complexity index is 1030. The fourth-order valence-corrected chi connectivity index (χ4v) is 3.25. The SMILES string of the molecule is CCCOc1ccc(CCc2ccc3cc(C(C)NC(=O)CNC(=O)O)oc3c2)cc1. The van der Waals surface area contributed by atoms with Crippen molar-refractivity contribution >= 4 is 23.0 Å². The molecule has 0 spiro atoms. The Kier molecular flexibility index (Phi) is 7.54. The minimum atomic E-state index is -1.24. The molecule has 0 aliphatic carbocycles. The summed E-state index contributed by atoms with van der Waals surface area (Å²) in [5, 5.41) is 14.3. The number of fused-ring (bicyclic) bond motifs is 1. The van der Waals surface area contributed by atoms with E-state index in [1.165, 1.54) is 11.1 Å². The van der Waals surface area contributed by atoms with E-state index in [1.54, 1.807) is 6.92 Å². The van der Waals surface area contributed by atoms with Crippen LogP contribution in [-0.2, 0) is 17.6 Å². The van der Waals surface area contributed by atoms with E-state index in [0.717, 1.165) is 42.6 Å². The molecular weight excluding hydrogens is 396 g/mol. The van der Waals surface area contributed by atoms with Gasteiger partial charge in [0.25, 0.3) is 0 Å². The first-order valence-electron chi connectivity index (χ1n) is 10.4. The van der Waals surface area contributed by atoms with Gasteiger partial charge in [-0.1, -0.05) is 31.2 Å². The highest BCUT2D eigenvalue weighted by atomic mass is 16.5. The van der Waals surface area contributed by atoms with Crippen molar-refractivity contribution in [2.24, 2.45) is 0 Å². The Balaban J connectivity index is 1.58. The minimum Gasteiger partial charge on any atom is -0.494 e. The molecule has 1 heterocycles. The molecule has 7 heteroatoms. The highest BCUT2D eigenvalue weighted by Crippen LogP contribution is 2.25. The molecule has 31 heavy (non-hydrogen) atoms. The number of carbonyl (C=O) groups is 2. The first-order valence-corrected chi connectivity index (χ1v) is 10.4. The van der Waals surface area contributed by atoms with Crippen molar-refractivity contribution in [3.8, 4) is 5.75 Å². The number of carbonyl (C=O) groups excluding carboxylic acids is 1. The van der Waals surface area contributed by atoms with Crippen LogP contribution in [-0.4, -0.2) is 30.3 Å². The van der Waals surface area contributed by atoms with Gasteiger partial charge in [0, 0.05) is 5.39 Å². The van der Waals surface area contributed by atoms with Crippen molar-refractivity contribution in [1.29, 1.82) is 0 Å². The summed E-state index contributed by atoms with van der Waals surface area (Å²) in [6, 6.07) is 15.9. The smallest absolute Gasteiger partial charge is 0.405 e. The van der Waals surface area contributed by atoms with Crippen molar-refractivity contribution in [2.45, 2.75) is 39.2 Å². The molecule has 0 aliphatic heterocycles. The highest BCUT2D eigenvalue weighted by molar-refractivity contribution is 5.82. The number of nitrogens with one attached hydrogen (secondary N) is 2. The molecule has 0 aliphatic rings. The quantitative estimate of drug-likeness (QED) is 0.446. The minimum absolute atomic E-state index is 0.296. The van der Waals surface area contributed by atoms with Crippen molar-refractivity contribution in [3.05, 3.63) is 65.4 Å². The summed E-state index contributed by atoms with van der Waals surface area (Å²) >= 11 is 0. The van der Waals surface area contributed by atoms with Gasteiger partial charge < -0.3 is 24.9 Å². The number of amides is 2. The predicted molar refractivity (Wildman–Crippen MR) is 118 cm³/mol. The van der Waals surface area contributed by atoms with Gasteiger partial charge in [-0.2, -0.15) is 0 Å². The second-order valence-electron chi connectivity index (χ2n) is 7.46. The predicted octanol–water partition coefficient (Wildman–Crippen LogP) is 4.45. The molecule has 164 valence electrons. The summed E-state index contributed by atoms with van der Waals surface area (Å²) in [5.41, 5.74) is 3.18. The van der Waals surface area contributed by atoms with Crippen molar-refractivity contribution < 1.29 is 23.8 Å². The summed E-state index contributed by atoms with van der Waals surface area (Å²) in [6.45, 7) is 4.32. The average Bonchev–Trinajstić information content (AvgIpc) is 3.19. The van der Waals surface area contributed by atoms with Gasteiger partial charge in [-0.15, -0.1) is 0 Å². The molecule has 1 atom stereocenters. The molecule has 3 N–H and O–H groups in total. The fraction of sp³-hybridized carbons (Fsp3) is 0.333. The van der Waals surface area contributed by atoms with Gasteiger partial charge in [-0.25, -0.2) is 4.79 Å². The Morgan fingerprint density at radius 3 is 2.48 bits per heavy atom. The zero-order chi connectivity index (χ0) is 22.2. The Hall–Kier alpha value is -3.48. The largest absolute Gasteiger partial charge is 0.494 e. The first kappa shape index (κ1) is 22.2. The van der Waals surface area contributed by atoms with Crippen LogP contribution < -0.4 is 15.4 Å². The molecule has 7 nitrogen and oxygen atoms in total. The third-order valence-corrected chi connectivity index (χ3v) is 4.91. The van der Waals surface area contributed by atoms with E-state index in [2.05, 4.69) is 30.4 Å². The number of ether oxygens (including phenoxy) is 1. The average molecular weight is 424 g/mol. The van der Waals surface area contributed by atoms with Gasteiger partial charge in [0.1, 0.15) is 23.6 Å². The summed E-state index contributed by atoms with van der Waals surface area (Å²) in [7, 11) is 0. The van der Waals surface area contributed by atoms with E-state index < -0.39 is 12.0 Å². The van der Waals surface area contributed by atoms with E-state index in [0.29, 0.717) is 5.76 Å². The van der Waals surface area contributed by atoms with Crippen LogP contribution in [0.15, 0.2) is 52.9 Å². The van der Waals surface area contributed by atoms with Crippen LogP contribution in [0, 0.1) is 0 Å². The lowest BCUT2D eigenvalue weighted by atomic mass is 10.0. The molecule has 3 aromatic rings. The van der Waals surface area contributed by atoms with Crippen LogP contribution in [0.5, 0.6) is 5.75 Å². The van der Waals surface area contributed by atoms with Crippen LogP contribution in [0.1, 0.15) is 43.2 Å². The lowest BCUT2D eigenvalue weighted by molar-refractivity contribution is -0.120. The van der Waals surface area contributed by atoms with E-state index in [4.69, 9.17) is 14.3 Å². The van der Waals surface area contributed by atoms with E-state index >= 15 is 0 Å². The maximum Gasteiger partial charge on any atom is 0.405 e. The lowest BCUT2D eigenvalue weighted by Crippen LogP contribution is -2.37. The Morgan fingerprint density at radius 1 is 1.06 bits per heavy atom. The Labute approximate surface area is 181 Å². The second kappa shape index (κ2) is 10.5. The van der Waals surface area contributed by atoms with E-state index in [1.807, 2.05) is 35.6 Å². The molecular formula is C24H28N2O5. The number of carboxylic acid groups (broad SMARTS) is 1. The number of furan rings is 1. The normalized spacial score (nSPS) is 11.8. The first-order chi connectivity index (χ1) is 14.9. The van der Waals surface area contributed by atoms with Gasteiger partial charge >= 0.3 is 6.09 Å². The highest BCUT2D eigenvalue weighted by Gasteiger charge is 2.15. The third-order valence-electron chi connectivity index (χ3n) is 4.91. The van der Waals surface area contributed by atoms with E-state index in [-0.39, 0.29) is 12.6 Å². The summed E-state index contributed by atoms with van der Waals surface area (Å²) in [5.74, 6) is 1.11. The summed E-state index contributed by atoms with van der Waals surface area (Å²) in [4.78, 5) is 22.3. The zero-order valence-corrected chi connectivity index (χ0v) is 17.8. The molecule has 2 aromatic carbocycles. The van der Waals surface area contributed by atoms with Gasteiger partial charge in [0.2, 0.25) is 5.91 Å². The molecule has 2 amide bonds. The molecule has 1 aromatic heterocycles. The van der Waals surface area contributed by atoms with Crippen molar-refractivity contribution in [2.75, 3.05) is 13.2 Å². The van der Waals surface area contributed by atoms with Crippen molar-refractivity contribution in [3.63, 3.8) is 0 Å². The van der Waals surface area contributed by atoms with Crippen LogP contribution >= 0.6 is 0 Å². The number of hydrogen-bond acceptors (Lipinski definition) is 4. The molecule has 0 saturated carbocycles. The molecule has 3 rings (SSSR count). The van der Waals surface area contributed by atoms with Crippen LogP contribution in [0.2, 0.25) is 0 Å². The molecule has 1 unspecified atom stereocenters. The van der Waals surface area contributed by atoms with Gasteiger partial charge in [-0.05, 0) is 61.6 Å². The number of hydrogen-bond donors (Lipinski definition) is 3. The van der Waals surface area contributed by atoms with Crippen molar-refractivity contribution in [1.82, 2.24) is 10.6 Å². The fourth-order valence-electron chi connectivity index (χ4n) is 3.25. The topological polar surface area (TPSA) is 101 Å². The molecule has 0 bridgehead atoms. The van der Waals surface area contributed by atoms with Crippen LogP contribution in [0.25, 0.3) is 11.0 Å². The maximum absolute atomic E-state index is 11.8. The Morgan fingerprint density at radius 2 is 1.77 bits per heavy atom. The second-order valence-corrected chi connectivity index (χ2v) is 7.46. The maximum atomic E-state index is 11.8. The standard InChI is InChI=1S/C24H28N2O5/c1-3-12-30-20-10-7-17(8-11-20)4-5-18-6-9-19-14-21(31-22(19)13-18)16(2)26-23(27)15-25-24(28)29/h6-11,13-14,16,25H,3-5,12,15H2,1-2H3,(H,26,27)(H,28,29). The van der Waals surface area contributed by atoms with E-state index in [9.17, 15) is 9.59 Å². The monoisotopic (exact) mass is 424 g/mol. The number of benzene rings is 2. The summed E-state index contributed by atoms with van der Waals surface area (Å²) in [6.07, 6.45) is 1.55. The molecule has 0 saturated heterocycles. The van der Waals surface area contributed by atoms with Gasteiger partial charge in [0.15, 0.2) is 0 Å². The summed E-state index contributed by atoms with van der Waals surface area (Å²) < 4.78 is 11.6. The van der Waals surface area contributed by atoms with Gasteiger partial charge in [0.05, 0.1) is 12.6 Å². The number of rotatable bonds is 10. The number of aryl methyl sites for hydroxylation is 2. The molecule has 0 radical (unpaired) electrons. The zero-order valence-electron chi connectivity index (χ0n) is 17.8. The third kappa shape index (κ3) is 6.50. The van der Waals surface area contributed by atoms with Crippen LogP contribution in [0.4, 0.5) is 4.79 Å².